The van der Waals surface area contributed by atoms with Crippen LogP contribution in [0.4, 0.5) is 5.69 Å². The van der Waals surface area contributed by atoms with Crippen LogP contribution < -0.4 is 10.2 Å². The number of piperidine rings is 1. The van der Waals surface area contributed by atoms with Gasteiger partial charge < -0.3 is 10.2 Å². The number of carbonyl (C=O) groups is 1. The van der Waals surface area contributed by atoms with Gasteiger partial charge in [-0.2, -0.15) is 5.26 Å². The molecule has 1 fully saturated rings. The smallest absolute Gasteiger partial charge is 0.279 e. The summed E-state index contributed by atoms with van der Waals surface area (Å²) in [7, 11) is 0. The zero-order chi connectivity index (χ0) is 18.6. The van der Waals surface area contributed by atoms with Gasteiger partial charge in [0.15, 0.2) is 11.6 Å². The van der Waals surface area contributed by atoms with Crippen LogP contribution in [0.1, 0.15) is 35.9 Å². The molecule has 2 aromatic carbocycles. The van der Waals surface area contributed by atoms with Gasteiger partial charge in [-0.15, -0.1) is 11.3 Å². The van der Waals surface area contributed by atoms with Gasteiger partial charge in [-0.1, -0.05) is 12.1 Å². The van der Waals surface area contributed by atoms with Crippen molar-refractivity contribution in [3.63, 3.8) is 0 Å². The lowest BCUT2D eigenvalue weighted by atomic mass is 10.0. The minimum absolute atomic E-state index is 0.00252. The quantitative estimate of drug-likeness (QED) is 0.734. The second-order valence-corrected chi connectivity index (χ2v) is 7.95. The molecule has 27 heavy (non-hydrogen) atoms. The van der Waals surface area contributed by atoms with Crippen molar-refractivity contribution in [2.24, 2.45) is 0 Å². The topological polar surface area (TPSA) is 70.2 Å². The molecule has 6 heteroatoms. The molecule has 136 valence electrons. The third kappa shape index (κ3) is 4.00. The monoisotopic (exact) mass is 377 g/mol. The number of carbonyl (C=O) groups excluding carboxylic acids is 1. The van der Waals surface area contributed by atoms with Crippen LogP contribution in [-0.4, -0.2) is 24.0 Å². The summed E-state index contributed by atoms with van der Waals surface area (Å²) in [5.41, 5.74) is 2.36. The predicted molar refractivity (Wildman–Crippen MR) is 107 cm³/mol. The molecule has 3 aromatic rings. The summed E-state index contributed by atoms with van der Waals surface area (Å²) in [4.78, 5) is 18.7. The predicted octanol–water partition coefficient (Wildman–Crippen LogP) is 2.92. The van der Waals surface area contributed by atoms with Crippen molar-refractivity contribution in [1.29, 1.82) is 5.26 Å². The molecule has 2 N–H and O–H groups in total. The fourth-order valence-electron chi connectivity index (χ4n) is 3.67. The second-order valence-electron chi connectivity index (χ2n) is 6.89. The van der Waals surface area contributed by atoms with E-state index < -0.39 is 0 Å². The molecule has 1 saturated heterocycles. The molecule has 0 spiro atoms. The van der Waals surface area contributed by atoms with E-state index in [-0.39, 0.29) is 11.9 Å². The molecule has 1 aliphatic rings. The maximum atomic E-state index is 12.6. The normalized spacial score (nSPS) is 19.5. The molecule has 0 radical (unpaired) electrons. The van der Waals surface area contributed by atoms with E-state index in [1.807, 2.05) is 12.1 Å². The Kier molecular flexibility index (Phi) is 5.14. The average molecular weight is 377 g/mol. The second kappa shape index (κ2) is 7.87. The first-order valence-corrected chi connectivity index (χ1v) is 10.0. The van der Waals surface area contributed by atoms with E-state index >= 15 is 0 Å². The first kappa shape index (κ1) is 17.7. The van der Waals surface area contributed by atoms with Gasteiger partial charge in [-0.3, -0.25) is 4.79 Å². The van der Waals surface area contributed by atoms with E-state index in [9.17, 15) is 4.79 Å². The van der Waals surface area contributed by atoms with E-state index in [2.05, 4.69) is 23.5 Å². The number of quaternary nitrogens is 1. The van der Waals surface area contributed by atoms with Gasteiger partial charge >= 0.3 is 0 Å². The first-order chi connectivity index (χ1) is 13.2. The Morgan fingerprint density at radius 1 is 1.22 bits per heavy atom. The molecule has 0 aliphatic carbocycles. The Labute approximate surface area is 162 Å². The fraction of sp³-hybridized carbons (Fsp3) is 0.286. The Bertz CT molecular complexity index is 956. The minimum atomic E-state index is 0.00252. The lowest BCUT2D eigenvalue weighted by molar-refractivity contribution is -0.929. The van der Waals surface area contributed by atoms with Gasteiger partial charge in [0.1, 0.15) is 6.04 Å². The summed E-state index contributed by atoms with van der Waals surface area (Å²) in [5.74, 6) is 0.00252. The lowest BCUT2D eigenvalue weighted by Gasteiger charge is -2.30. The molecule has 0 saturated carbocycles. The highest BCUT2D eigenvalue weighted by atomic mass is 32.1. The van der Waals surface area contributed by atoms with E-state index in [1.54, 1.807) is 35.6 Å². The van der Waals surface area contributed by atoms with Gasteiger partial charge in [-0.25, -0.2) is 4.98 Å². The van der Waals surface area contributed by atoms with Gasteiger partial charge in [0.25, 0.3) is 5.91 Å². The summed E-state index contributed by atoms with van der Waals surface area (Å²) in [6.07, 6.45) is 3.39. The number of hydrogen-bond acceptors (Lipinski definition) is 4. The zero-order valence-corrected chi connectivity index (χ0v) is 15.8. The van der Waals surface area contributed by atoms with Crippen LogP contribution in [0.3, 0.4) is 0 Å². The van der Waals surface area contributed by atoms with Crippen molar-refractivity contribution < 1.29 is 9.69 Å². The van der Waals surface area contributed by atoms with Crippen LogP contribution in [0.15, 0.2) is 48.5 Å². The van der Waals surface area contributed by atoms with E-state index in [1.165, 1.54) is 16.0 Å². The van der Waals surface area contributed by atoms with Gasteiger partial charge in [0.2, 0.25) is 0 Å². The standard InChI is InChI=1S/C21H20N4OS/c22-13-15-8-10-16(11-9-15)23-20(26)14-25-12-4-3-6-18(25)21-24-17-5-1-2-7-19(17)27-21/h1-2,5,7-11,18H,3-4,6,12,14H2,(H,23,26)/p+1/t18-/m0/s1. The van der Waals surface area contributed by atoms with Crippen molar-refractivity contribution in [2.75, 3.05) is 18.4 Å². The molecule has 1 aliphatic heterocycles. The number of nitriles is 1. The summed E-state index contributed by atoms with van der Waals surface area (Å²) in [5, 5.41) is 13.0. The molecule has 1 unspecified atom stereocenters. The Hall–Kier alpha value is -2.75. The number of para-hydroxylation sites is 1. The highest BCUT2D eigenvalue weighted by Gasteiger charge is 2.31. The molecule has 1 aromatic heterocycles. The number of amides is 1. The van der Waals surface area contributed by atoms with Crippen molar-refractivity contribution in [2.45, 2.75) is 25.3 Å². The Morgan fingerprint density at radius 2 is 2.04 bits per heavy atom. The largest absolute Gasteiger partial charge is 0.321 e. The highest BCUT2D eigenvalue weighted by molar-refractivity contribution is 7.18. The van der Waals surface area contributed by atoms with E-state index in [4.69, 9.17) is 10.2 Å². The number of aromatic nitrogens is 1. The van der Waals surface area contributed by atoms with Crippen LogP contribution in [0.5, 0.6) is 0 Å². The van der Waals surface area contributed by atoms with Crippen molar-refractivity contribution in [3.05, 3.63) is 59.1 Å². The third-order valence-electron chi connectivity index (χ3n) is 5.03. The Balaban J connectivity index is 1.47. The average Bonchev–Trinajstić information content (AvgIpc) is 3.13. The van der Waals surface area contributed by atoms with Crippen LogP contribution in [0.25, 0.3) is 10.2 Å². The van der Waals surface area contributed by atoms with Crippen LogP contribution in [0.2, 0.25) is 0 Å². The molecule has 0 bridgehead atoms. The zero-order valence-electron chi connectivity index (χ0n) is 14.9. The van der Waals surface area contributed by atoms with Gasteiger partial charge in [0, 0.05) is 12.1 Å². The molecule has 5 nitrogen and oxygen atoms in total. The van der Waals surface area contributed by atoms with Crippen molar-refractivity contribution in [3.8, 4) is 6.07 Å². The van der Waals surface area contributed by atoms with Crippen molar-refractivity contribution in [1.82, 2.24) is 4.98 Å². The third-order valence-corrected chi connectivity index (χ3v) is 6.18. The van der Waals surface area contributed by atoms with Crippen LogP contribution in [0, 0.1) is 11.3 Å². The SMILES string of the molecule is N#Cc1ccc(NC(=O)C[NH+]2CCCC[C@H]2c2nc3ccccc3s2)cc1. The number of nitrogens with zero attached hydrogens (tertiary/aromatic N) is 2. The van der Waals surface area contributed by atoms with Crippen molar-refractivity contribution >= 4 is 33.1 Å². The summed E-state index contributed by atoms with van der Waals surface area (Å²) < 4.78 is 1.21. The van der Waals surface area contributed by atoms with Gasteiger partial charge in [0.05, 0.1) is 28.4 Å². The molecule has 1 amide bonds. The molecule has 2 atom stereocenters. The van der Waals surface area contributed by atoms with E-state index in [0.29, 0.717) is 12.1 Å². The molecular formula is C21H21N4OS+. The van der Waals surface area contributed by atoms with Crippen LogP contribution >= 0.6 is 11.3 Å². The number of benzene rings is 2. The number of rotatable bonds is 4. The van der Waals surface area contributed by atoms with E-state index in [0.717, 1.165) is 35.6 Å². The van der Waals surface area contributed by atoms with Crippen LogP contribution in [-0.2, 0) is 4.79 Å². The highest BCUT2D eigenvalue weighted by Crippen LogP contribution is 2.28. The lowest BCUT2D eigenvalue weighted by Crippen LogP contribution is -3.14. The molecule has 4 rings (SSSR count). The van der Waals surface area contributed by atoms with Gasteiger partial charge in [-0.05, 0) is 49.2 Å². The minimum Gasteiger partial charge on any atom is -0.321 e. The summed E-state index contributed by atoms with van der Waals surface area (Å²) in [6.45, 7) is 1.42. The number of nitrogens with one attached hydrogen (secondary N) is 2. The maximum Gasteiger partial charge on any atom is 0.279 e. The fourth-order valence-corrected chi connectivity index (χ4v) is 4.83. The summed E-state index contributed by atoms with van der Waals surface area (Å²) in [6, 6.07) is 17.6. The maximum absolute atomic E-state index is 12.6. The summed E-state index contributed by atoms with van der Waals surface area (Å²) >= 11 is 1.75. The first-order valence-electron chi connectivity index (χ1n) is 9.23. The number of likely N-dealkylation sites (tertiary alicyclic amines) is 1. The number of fused-ring (bicyclic) bond motifs is 1. The number of hydrogen-bond donors (Lipinski definition) is 2. The molecule has 2 heterocycles. The number of thiazole rings is 1. The molecular weight excluding hydrogens is 356 g/mol. The number of anilines is 1. The Morgan fingerprint density at radius 3 is 2.81 bits per heavy atom.